The second-order valence-electron chi connectivity index (χ2n) is 3.73. The lowest BCUT2D eigenvalue weighted by Gasteiger charge is -2.00. The number of ketones is 1. The van der Waals surface area contributed by atoms with Crippen molar-refractivity contribution in [1.29, 1.82) is 0 Å². The lowest BCUT2D eigenvalue weighted by Crippen LogP contribution is -1.99. The van der Waals surface area contributed by atoms with E-state index >= 15 is 0 Å². The van der Waals surface area contributed by atoms with Crippen LogP contribution < -0.4 is 0 Å². The molecule has 0 saturated heterocycles. The molecule has 0 bridgehead atoms. The lowest BCUT2D eigenvalue weighted by molar-refractivity contribution is -0.110. The Morgan fingerprint density at radius 1 is 0.750 bits per heavy atom. The molecule has 0 atom stereocenters. The van der Waals surface area contributed by atoms with Gasteiger partial charge in [0.15, 0.2) is 5.78 Å². The predicted octanol–water partition coefficient (Wildman–Crippen LogP) is 1.82. The minimum atomic E-state index is -0.0215. The van der Waals surface area contributed by atoms with Crippen molar-refractivity contribution in [3.05, 3.63) is 48.9 Å². The van der Waals surface area contributed by atoms with Crippen LogP contribution in [-0.4, -0.2) is 43.8 Å². The van der Waals surface area contributed by atoms with E-state index in [1.54, 1.807) is 12.2 Å². The molecule has 0 aromatic rings. The zero-order valence-electron chi connectivity index (χ0n) is 10.4. The molecule has 0 rings (SSSR count). The van der Waals surface area contributed by atoms with Gasteiger partial charge in [-0.05, 0) is 36.7 Å². The maximum atomic E-state index is 11.3. The summed E-state index contributed by atoms with van der Waals surface area (Å²) in [5.74, 6) is -0.0215. The summed E-state index contributed by atoms with van der Waals surface area (Å²) in [5, 5.41) is 0. The van der Waals surface area contributed by atoms with Crippen LogP contribution in [0.3, 0.4) is 0 Å². The number of carbonyl (C=O) groups excluding carboxylic acids is 1. The van der Waals surface area contributed by atoms with Crippen molar-refractivity contribution in [3.8, 4) is 0 Å². The smallest absolute Gasteiger partial charge is 0.178 e. The van der Waals surface area contributed by atoms with Crippen LogP contribution in [0, 0.1) is 0 Å². The van der Waals surface area contributed by atoms with Gasteiger partial charge in [-0.25, -0.2) is 0 Å². The van der Waals surface area contributed by atoms with Crippen molar-refractivity contribution in [2.45, 2.75) is 0 Å². The molecular formula is C13H20N2O. The molecule has 0 aliphatic rings. The van der Waals surface area contributed by atoms with Crippen LogP contribution >= 0.6 is 0 Å². The molecule has 0 amide bonds. The summed E-state index contributed by atoms with van der Waals surface area (Å²) in [6, 6.07) is 0. The third-order valence-electron chi connectivity index (χ3n) is 1.51. The van der Waals surface area contributed by atoms with Crippen molar-refractivity contribution in [2.24, 2.45) is 0 Å². The molecule has 16 heavy (non-hydrogen) atoms. The van der Waals surface area contributed by atoms with E-state index in [2.05, 4.69) is 0 Å². The van der Waals surface area contributed by atoms with Gasteiger partial charge in [-0.1, -0.05) is 12.2 Å². The topological polar surface area (TPSA) is 23.6 Å². The summed E-state index contributed by atoms with van der Waals surface area (Å²) >= 11 is 0. The number of allylic oxidation sites excluding steroid dienone is 6. The van der Waals surface area contributed by atoms with E-state index in [0.29, 0.717) is 0 Å². The Kier molecular flexibility index (Phi) is 7.59. The second-order valence-corrected chi connectivity index (χ2v) is 3.73. The number of nitrogens with zero attached hydrogens (tertiary/aromatic N) is 2. The van der Waals surface area contributed by atoms with E-state index < -0.39 is 0 Å². The normalized spacial score (nSPS) is 12.2. The van der Waals surface area contributed by atoms with Crippen molar-refractivity contribution < 1.29 is 4.79 Å². The summed E-state index contributed by atoms with van der Waals surface area (Å²) in [7, 11) is 7.71. The van der Waals surface area contributed by atoms with Gasteiger partial charge >= 0.3 is 0 Å². The molecule has 0 aliphatic carbocycles. The number of hydrogen-bond donors (Lipinski definition) is 0. The van der Waals surface area contributed by atoms with Crippen molar-refractivity contribution in [2.75, 3.05) is 28.2 Å². The first-order chi connectivity index (χ1) is 7.52. The van der Waals surface area contributed by atoms with Gasteiger partial charge in [0, 0.05) is 28.2 Å². The quantitative estimate of drug-likeness (QED) is 0.504. The molecule has 88 valence electrons. The fraction of sp³-hybridized carbons (Fsp3) is 0.308. The highest BCUT2D eigenvalue weighted by Crippen LogP contribution is 1.86. The van der Waals surface area contributed by atoms with Gasteiger partial charge < -0.3 is 9.80 Å². The first-order valence-corrected chi connectivity index (χ1v) is 5.09. The monoisotopic (exact) mass is 220 g/mol. The molecule has 0 aromatic heterocycles. The predicted molar refractivity (Wildman–Crippen MR) is 68.9 cm³/mol. The first kappa shape index (κ1) is 14.2. The van der Waals surface area contributed by atoms with Gasteiger partial charge in [-0.3, -0.25) is 4.79 Å². The van der Waals surface area contributed by atoms with Gasteiger partial charge in [-0.15, -0.1) is 0 Å². The Morgan fingerprint density at radius 3 is 1.44 bits per heavy atom. The van der Waals surface area contributed by atoms with Crippen LogP contribution in [0.4, 0.5) is 0 Å². The average molecular weight is 220 g/mol. The Balaban J connectivity index is 3.99. The van der Waals surface area contributed by atoms with Crippen molar-refractivity contribution in [1.82, 2.24) is 9.80 Å². The molecule has 0 N–H and O–H groups in total. The van der Waals surface area contributed by atoms with E-state index in [4.69, 9.17) is 0 Å². The summed E-state index contributed by atoms with van der Waals surface area (Å²) in [4.78, 5) is 15.1. The van der Waals surface area contributed by atoms with E-state index in [-0.39, 0.29) is 5.78 Å². The SMILES string of the molecule is CN(C)C=C/C=C/C(=O)/C=C/C=C/N(C)C. The summed E-state index contributed by atoms with van der Waals surface area (Å²) < 4.78 is 0. The van der Waals surface area contributed by atoms with Gasteiger partial charge in [-0.2, -0.15) is 0 Å². The molecule has 0 spiro atoms. The molecule has 0 unspecified atom stereocenters. The standard InChI is InChI=1S/C13H20N2O/c1-14(2)11-7-5-9-13(16)10-6-8-12-15(3)4/h5-12H,1-4H3/b9-5+,10-6+,11-7+,12-8?. The zero-order chi connectivity index (χ0) is 12.4. The summed E-state index contributed by atoms with van der Waals surface area (Å²) in [6.45, 7) is 0. The van der Waals surface area contributed by atoms with Gasteiger partial charge in [0.25, 0.3) is 0 Å². The van der Waals surface area contributed by atoms with Gasteiger partial charge in [0.1, 0.15) is 0 Å². The molecule has 0 radical (unpaired) electrons. The van der Waals surface area contributed by atoms with Crippen LogP contribution in [-0.2, 0) is 4.79 Å². The molecule has 0 heterocycles. The summed E-state index contributed by atoms with van der Waals surface area (Å²) in [5.41, 5.74) is 0. The molecule has 0 aromatic carbocycles. The maximum absolute atomic E-state index is 11.3. The highest BCUT2D eigenvalue weighted by Gasteiger charge is 1.84. The van der Waals surface area contributed by atoms with Gasteiger partial charge in [0.05, 0.1) is 0 Å². The Labute approximate surface area is 98.0 Å². The van der Waals surface area contributed by atoms with Crippen LogP contribution in [0.2, 0.25) is 0 Å². The zero-order valence-corrected chi connectivity index (χ0v) is 10.4. The van der Waals surface area contributed by atoms with E-state index in [9.17, 15) is 4.79 Å². The highest BCUT2D eigenvalue weighted by molar-refractivity contribution is 5.99. The molecule has 0 aliphatic heterocycles. The molecular weight excluding hydrogens is 200 g/mol. The van der Waals surface area contributed by atoms with Crippen molar-refractivity contribution >= 4 is 5.78 Å². The molecule has 0 saturated carbocycles. The maximum Gasteiger partial charge on any atom is 0.178 e. The first-order valence-electron chi connectivity index (χ1n) is 5.09. The largest absolute Gasteiger partial charge is 0.383 e. The fourth-order valence-corrected chi connectivity index (χ4v) is 0.800. The molecule has 3 nitrogen and oxygen atoms in total. The van der Waals surface area contributed by atoms with E-state index in [1.165, 1.54) is 12.2 Å². The number of hydrogen-bond acceptors (Lipinski definition) is 3. The second kappa shape index (κ2) is 8.53. The van der Waals surface area contributed by atoms with E-state index in [0.717, 1.165) is 0 Å². The minimum Gasteiger partial charge on any atom is -0.383 e. The van der Waals surface area contributed by atoms with Crippen LogP contribution in [0.5, 0.6) is 0 Å². The molecule has 3 heteroatoms. The van der Waals surface area contributed by atoms with Crippen LogP contribution in [0.15, 0.2) is 48.9 Å². The lowest BCUT2D eigenvalue weighted by atomic mass is 10.3. The third-order valence-corrected chi connectivity index (χ3v) is 1.51. The minimum absolute atomic E-state index is 0.0215. The number of rotatable bonds is 6. The van der Waals surface area contributed by atoms with Crippen LogP contribution in [0.1, 0.15) is 0 Å². The summed E-state index contributed by atoms with van der Waals surface area (Å²) in [6.07, 6.45) is 13.9. The van der Waals surface area contributed by atoms with Crippen LogP contribution in [0.25, 0.3) is 0 Å². The van der Waals surface area contributed by atoms with E-state index in [1.807, 2.05) is 62.5 Å². The average Bonchev–Trinajstić information content (AvgIpc) is 2.19. The Bertz CT molecular complexity index is 280. The third kappa shape index (κ3) is 10.3. The highest BCUT2D eigenvalue weighted by atomic mass is 16.1. The van der Waals surface area contributed by atoms with Gasteiger partial charge in [0.2, 0.25) is 0 Å². The van der Waals surface area contributed by atoms with Crippen molar-refractivity contribution in [3.63, 3.8) is 0 Å². The molecule has 0 fully saturated rings. The fourth-order valence-electron chi connectivity index (χ4n) is 0.800. The Morgan fingerprint density at radius 2 is 1.12 bits per heavy atom. The Hall–Kier alpha value is -1.77. The number of carbonyl (C=O) groups is 1.